The number of nitro benzene ring substituents is 1. The lowest BCUT2D eigenvalue weighted by atomic mass is 10.2. The average Bonchev–Trinajstić information content (AvgIpc) is 3.03. The van der Waals surface area contributed by atoms with Crippen LogP contribution in [0.25, 0.3) is 0 Å². The van der Waals surface area contributed by atoms with Gasteiger partial charge in [0.05, 0.1) is 17.9 Å². The van der Waals surface area contributed by atoms with E-state index in [1.165, 1.54) is 23.1 Å². The van der Waals surface area contributed by atoms with Gasteiger partial charge in [-0.25, -0.2) is 0 Å². The van der Waals surface area contributed by atoms with E-state index in [9.17, 15) is 14.9 Å². The molecule has 0 atom stereocenters. The molecule has 1 N–H and O–H groups in total. The maximum absolute atomic E-state index is 12.7. The number of hydrogen-bond acceptors (Lipinski definition) is 5. The molecule has 8 nitrogen and oxygen atoms in total. The summed E-state index contributed by atoms with van der Waals surface area (Å²) in [6, 6.07) is 13.9. The van der Waals surface area contributed by atoms with Gasteiger partial charge >= 0.3 is 0 Å². The van der Waals surface area contributed by atoms with Crippen molar-refractivity contribution in [2.45, 2.75) is 19.5 Å². The number of aromatic nitrogens is 3. The third-order valence-electron chi connectivity index (χ3n) is 4.40. The first kappa shape index (κ1) is 20.7. The Morgan fingerprint density at radius 3 is 2.72 bits per heavy atom. The summed E-state index contributed by atoms with van der Waals surface area (Å²) < 4.78 is 2.21. The van der Waals surface area contributed by atoms with Crippen molar-refractivity contribution in [3.63, 3.8) is 0 Å². The molecule has 2 aromatic carbocycles. The van der Waals surface area contributed by atoms with E-state index < -0.39 is 4.92 Å². The fraction of sp³-hybridized carbons (Fsp3) is 0.211. The number of likely N-dealkylation sites (N-methyl/N-ethyl adjacent to an activating group) is 1. The Morgan fingerprint density at radius 1 is 1.31 bits per heavy atom. The molecule has 3 aromatic rings. The first-order chi connectivity index (χ1) is 13.8. The fourth-order valence-corrected chi connectivity index (χ4v) is 3.22. The van der Waals surface area contributed by atoms with Gasteiger partial charge in [0.25, 0.3) is 5.69 Å². The molecule has 3 rings (SSSR count). The minimum atomic E-state index is -0.497. The lowest BCUT2D eigenvalue weighted by molar-refractivity contribution is -0.384. The SMILES string of the molecule is CN(Cc1cc([N+](=O)[O-])ccc1Cl)C(=O)Cc1n[nH]c(=S)n1Cc1ccccc1. The lowest BCUT2D eigenvalue weighted by Crippen LogP contribution is -2.29. The molecule has 0 spiro atoms. The van der Waals surface area contributed by atoms with Crippen LogP contribution < -0.4 is 0 Å². The van der Waals surface area contributed by atoms with E-state index in [1.54, 1.807) is 11.6 Å². The first-order valence-corrected chi connectivity index (χ1v) is 9.48. The highest BCUT2D eigenvalue weighted by Gasteiger charge is 2.18. The second kappa shape index (κ2) is 8.97. The van der Waals surface area contributed by atoms with Gasteiger partial charge in [0.15, 0.2) is 4.77 Å². The molecule has 0 unspecified atom stereocenters. The topological polar surface area (TPSA) is 97.1 Å². The van der Waals surface area contributed by atoms with Crippen molar-refractivity contribution in [2.75, 3.05) is 7.05 Å². The monoisotopic (exact) mass is 431 g/mol. The van der Waals surface area contributed by atoms with Crippen LogP contribution in [0.2, 0.25) is 5.02 Å². The van der Waals surface area contributed by atoms with Crippen LogP contribution in [0, 0.1) is 14.9 Å². The molecule has 0 radical (unpaired) electrons. The lowest BCUT2D eigenvalue weighted by Gasteiger charge is -2.18. The molecule has 10 heteroatoms. The van der Waals surface area contributed by atoms with Gasteiger partial charge in [-0.15, -0.1) is 0 Å². The maximum atomic E-state index is 12.7. The van der Waals surface area contributed by atoms with E-state index in [0.29, 0.717) is 27.7 Å². The number of amides is 1. The summed E-state index contributed by atoms with van der Waals surface area (Å²) in [4.78, 5) is 24.6. The highest BCUT2D eigenvalue weighted by molar-refractivity contribution is 7.71. The van der Waals surface area contributed by atoms with Gasteiger partial charge < -0.3 is 4.90 Å². The Balaban J connectivity index is 1.73. The fourth-order valence-electron chi connectivity index (χ4n) is 2.82. The Bertz CT molecular complexity index is 1100. The zero-order valence-electron chi connectivity index (χ0n) is 15.5. The summed E-state index contributed by atoms with van der Waals surface area (Å²) in [7, 11) is 1.61. The number of benzene rings is 2. The standard InChI is InChI=1S/C19H18ClN5O3S/c1-23(12-14-9-15(25(27)28)7-8-16(14)20)18(26)10-17-21-22-19(29)24(17)11-13-5-3-2-4-6-13/h2-9H,10-12H2,1H3,(H,22,29). The number of nitrogens with zero attached hydrogens (tertiary/aromatic N) is 4. The predicted octanol–water partition coefficient (Wildman–Crippen LogP) is 3.75. The molecule has 1 amide bonds. The number of non-ortho nitro benzene ring substituents is 1. The predicted molar refractivity (Wildman–Crippen MR) is 111 cm³/mol. The normalized spacial score (nSPS) is 10.7. The molecule has 0 aliphatic rings. The van der Waals surface area contributed by atoms with Crippen LogP contribution in [0.15, 0.2) is 48.5 Å². The number of halogens is 1. The summed E-state index contributed by atoms with van der Waals surface area (Å²) in [6.45, 7) is 0.641. The Hall–Kier alpha value is -3.04. The molecular formula is C19H18ClN5O3S. The first-order valence-electron chi connectivity index (χ1n) is 8.70. The number of rotatable bonds is 7. The molecule has 0 fully saturated rings. The Labute approximate surface area is 176 Å². The number of hydrogen-bond donors (Lipinski definition) is 1. The van der Waals surface area contributed by atoms with Crippen LogP contribution in [0.5, 0.6) is 0 Å². The van der Waals surface area contributed by atoms with E-state index in [-0.39, 0.29) is 24.6 Å². The number of nitrogens with one attached hydrogen (secondary N) is 1. The quantitative estimate of drug-likeness (QED) is 0.349. The zero-order chi connectivity index (χ0) is 21.0. The van der Waals surface area contributed by atoms with Crippen LogP contribution in [0.3, 0.4) is 0 Å². The van der Waals surface area contributed by atoms with E-state index in [2.05, 4.69) is 10.2 Å². The van der Waals surface area contributed by atoms with Gasteiger partial charge in [0, 0.05) is 30.7 Å². The molecule has 0 aliphatic heterocycles. The minimum absolute atomic E-state index is 0.0308. The summed E-state index contributed by atoms with van der Waals surface area (Å²) in [5, 5.41) is 18.2. The van der Waals surface area contributed by atoms with Gasteiger partial charge in [-0.3, -0.25) is 24.6 Å². The second-order valence-corrected chi connectivity index (χ2v) is 7.27. The molecular weight excluding hydrogens is 414 g/mol. The van der Waals surface area contributed by atoms with Crippen LogP contribution in [0.4, 0.5) is 5.69 Å². The van der Waals surface area contributed by atoms with E-state index in [4.69, 9.17) is 23.8 Å². The van der Waals surface area contributed by atoms with Gasteiger partial charge in [0.2, 0.25) is 5.91 Å². The highest BCUT2D eigenvalue weighted by Crippen LogP contribution is 2.23. The third kappa shape index (κ3) is 5.07. The van der Waals surface area contributed by atoms with Crippen molar-refractivity contribution in [1.82, 2.24) is 19.7 Å². The molecule has 29 heavy (non-hydrogen) atoms. The van der Waals surface area contributed by atoms with Gasteiger partial charge in [-0.1, -0.05) is 41.9 Å². The minimum Gasteiger partial charge on any atom is -0.341 e. The molecule has 0 saturated heterocycles. The number of nitro groups is 1. The smallest absolute Gasteiger partial charge is 0.269 e. The zero-order valence-corrected chi connectivity index (χ0v) is 17.1. The van der Waals surface area contributed by atoms with Crippen LogP contribution >= 0.6 is 23.8 Å². The van der Waals surface area contributed by atoms with Gasteiger partial charge in [-0.2, -0.15) is 5.10 Å². The molecule has 0 aliphatic carbocycles. The van der Waals surface area contributed by atoms with Crippen molar-refractivity contribution in [3.8, 4) is 0 Å². The van der Waals surface area contributed by atoms with Crippen LogP contribution in [-0.2, 0) is 24.3 Å². The van der Waals surface area contributed by atoms with E-state index >= 15 is 0 Å². The molecule has 0 saturated carbocycles. The molecule has 1 heterocycles. The van der Waals surface area contributed by atoms with Gasteiger partial charge in [-0.05, 0) is 29.4 Å². The van der Waals surface area contributed by atoms with Gasteiger partial charge in [0.1, 0.15) is 5.82 Å². The molecule has 0 bridgehead atoms. The highest BCUT2D eigenvalue weighted by atomic mass is 35.5. The largest absolute Gasteiger partial charge is 0.341 e. The average molecular weight is 432 g/mol. The van der Waals surface area contributed by atoms with Crippen molar-refractivity contribution in [3.05, 3.63) is 85.4 Å². The number of carbonyl (C=O) groups excluding carboxylic acids is 1. The summed E-state index contributed by atoms with van der Waals surface area (Å²) in [6.07, 6.45) is 0.0308. The van der Waals surface area contributed by atoms with Crippen molar-refractivity contribution >= 4 is 35.4 Å². The van der Waals surface area contributed by atoms with Crippen molar-refractivity contribution in [1.29, 1.82) is 0 Å². The van der Waals surface area contributed by atoms with Crippen molar-refractivity contribution < 1.29 is 9.72 Å². The Morgan fingerprint density at radius 2 is 2.03 bits per heavy atom. The number of carbonyl (C=O) groups is 1. The Kier molecular flexibility index (Phi) is 6.40. The summed E-state index contributed by atoms with van der Waals surface area (Å²) in [5.74, 6) is 0.303. The van der Waals surface area contributed by atoms with Crippen molar-refractivity contribution in [2.24, 2.45) is 0 Å². The number of H-pyrrole nitrogens is 1. The van der Waals surface area contributed by atoms with Crippen LogP contribution in [-0.4, -0.2) is 37.5 Å². The summed E-state index contributed by atoms with van der Waals surface area (Å²) >= 11 is 11.4. The molecule has 150 valence electrons. The maximum Gasteiger partial charge on any atom is 0.269 e. The summed E-state index contributed by atoms with van der Waals surface area (Å²) in [5.41, 5.74) is 1.46. The van der Waals surface area contributed by atoms with E-state index in [0.717, 1.165) is 5.56 Å². The third-order valence-corrected chi connectivity index (χ3v) is 5.08. The molecule has 1 aromatic heterocycles. The second-order valence-electron chi connectivity index (χ2n) is 6.48. The number of aromatic amines is 1. The van der Waals surface area contributed by atoms with Crippen LogP contribution in [0.1, 0.15) is 17.0 Å². The van der Waals surface area contributed by atoms with E-state index in [1.807, 2.05) is 30.3 Å².